The molecule has 0 amide bonds. The van der Waals surface area contributed by atoms with Gasteiger partial charge in [-0.2, -0.15) is 0 Å². The van der Waals surface area contributed by atoms with Crippen molar-refractivity contribution in [1.82, 2.24) is 15.5 Å². The lowest BCUT2D eigenvalue weighted by molar-refractivity contribution is 0.494. The lowest BCUT2D eigenvalue weighted by atomic mass is 10.2. The highest BCUT2D eigenvalue weighted by Crippen LogP contribution is 2.22. The van der Waals surface area contributed by atoms with Crippen LogP contribution >= 0.6 is 0 Å². The normalized spacial score (nSPS) is 15.3. The van der Waals surface area contributed by atoms with Gasteiger partial charge in [0.2, 0.25) is 11.8 Å². The number of nitrogens with one attached hydrogen (secondary N) is 1. The van der Waals surface area contributed by atoms with E-state index in [0.717, 1.165) is 6.54 Å². The molecule has 1 N–H and O–H groups in total. The molecule has 0 aliphatic heterocycles. The van der Waals surface area contributed by atoms with Crippen molar-refractivity contribution in [2.24, 2.45) is 0 Å². The van der Waals surface area contributed by atoms with Gasteiger partial charge >= 0.3 is 0 Å². The van der Waals surface area contributed by atoms with Gasteiger partial charge in [-0.25, -0.2) is 8.42 Å². The van der Waals surface area contributed by atoms with Crippen molar-refractivity contribution >= 4 is 9.84 Å². The number of rotatable bonds is 6. The first-order chi connectivity index (χ1) is 10.0. The van der Waals surface area contributed by atoms with Crippen molar-refractivity contribution in [3.63, 3.8) is 0 Å². The first-order valence-corrected chi connectivity index (χ1v) is 8.78. The molecule has 1 saturated carbocycles. The molecule has 2 aromatic rings. The highest BCUT2D eigenvalue weighted by molar-refractivity contribution is 7.90. The zero-order chi connectivity index (χ0) is 14.9. The molecule has 0 radical (unpaired) electrons. The summed E-state index contributed by atoms with van der Waals surface area (Å²) in [7, 11) is -3.24. The van der Waals surface area contributed by atoms with Crippen LogP contribution in [0.15, 0.2) is 33.6 Å². The first-order valence-electron chi connectivity index (χ1n) is 6.88. The number of hydrogen-bond donors (Lipinski definition) is 1. The third kappa shape index (κ3) is 3.68. The van der Waals surface area contributed by atoms with E-state index in [-0.39, 0.29) is 4.90 Å². The van der Waals surface area contributed by atoms with Gasteiger partial charge in [-0.3, -0.25) is 0 Å². The Kier molecular flexibility index (Phi) is 3.77. The SMILES string of the molecule is CS(=O)(=O)c1cccc(-c2nnc(CCNC3CC3)o2)c1. The second-order valence-corrected chi connectivity index (χ2v) is 7.30. The quantitative estimate of drug-likeness (QED) is 0.869. The molecule has 1 aromatic carbocycles. The second kappa shape index (κ2) is 5.57. The van der Waals surface area contributed by atoms with Gasteiger partial charge in [0.15, 0.2) is 9.84 Å². The maximum absolute atomic E-state index is 11.6. The van der Waals surface area contributed by atoms with Gasteiger partial charge in [0.05, 0.1) is 4.90 Å². The van der Waals surface area contributed by atoms with E-state index in [4.69, 9.17) is 4.42 Å². The molecule has 1 aromatic heterocycles. The van der Waals surface area contributed by atoms with Crippen LogP contribution in [0.3, 0.4) is 0 Å². The van der Waals surface area contributed by atoms with Crippen LogP contribution in [0.4, 0.5) is 0 Å². The Labute approximate surface area is 123 Å². The Hall–Kier alpha value is -1.73. The average molecular weight is 307 g/mol. The lowest BCUT2D eigenvalue weighted by Crippen LogP contribution is -2.19. The smallest absolute Gasteiger partial charge is 0.247 e. The molecular formula is C14H17N3O3S. The highest BCUT2D eigenvalue weighted by atomic mass is 32.2. The fourth-order valence-corrected chi connectivity index (χ4v) is 2.67. The van der Waals surface area contributed by atoms with Crippen LogP contribution in [0.1, 0.15) is 18.7 Å². The molecule has 0 unspecified atom stereocenters. The first kappa shape index (κ1) is 14.2. The van der Waals surface area contributed by atoms with Gasteiger partial charge in [-0.1, -0.05) is 6.07 Å². The molecule has 1 fully saturated rings. The Morgan fingerprint density at radius 3 is 2.86 bits per heavy atom. The summed E-state index contributed by atoms with van der Waals surface area (Å²) in [6.45, 7) is 0.815. The molecule has 0 saturated heterocycles. The van der Waals surface area contributed by atoms with E-state index in [1.807, 2.05) is 0 Å². The Balaban J connectivity index is 1.72. The second-order valence-electron chi connectivity index (χ2n) is 5.28. The molecule has 1 heterocycles. The lowest BCUT2D eigenvalue weighted by Gasteiger charge is -2.00. The summed E-state index contributed by atoms with van der Waals surface area (Å²) >= 11 is 0. The van der Waals surface area contributed by atoms with Crippen LogP contribution in [-0.4, -0.2) is 37.5 Å². The zero-order valence-electron chi connectivity index (χ0n) is 11.7. The third-order valence-electron chi connectivity index (χ3n) is 3.33. The fourth-order valence-electron chi connectivity index (χ4n) is 2.00. The van der Waals surface area contributed by atoms with Crippen LogP contribution in [0, 0.1) is 0 Å². The van der Waals surface area contributed by atoms with E-state index < -0.39 is 9.84 Å². The monoisotopic (exact) mass is 307 g/mol. The number of nitrogens with zero attached hydrogens (tertiary/aromatic N) is 2. The van der Waals surface area contributed by atoms with E-state index in [0.29, 0.717) is 29.8 Å². The molecule has 0 atom stereocenters. The van der Waals surface area contributed by atoms with Gasteiger partial charge < -0.3 is 9.73 Å². The minimum Gasteiger partial charge on any atom is -0.421 e. The van der Waals surface area contributed by atoms with Crippen molar-refractivity contribution in [3.05, 3.63) is 30.2 Å². The largest absolute Gasteiger partial charge is 0.421 e. The van der Waals surface area contributed by atoms with Crippen molar-refractivity contribution in [2.75, 3.05) is 12.8 Å². The maximum atomic E-state index is 11.6. The van der Waals surface area contributed by atoms with Crippen LogP contribution < -0.4 is 5.32 Å². The zero-order valence-corrected chi connectivity index (χ0v) is 12.6. The van der Waals surface area contributed by atoms with E-state index in [1.165, 1.54) is 19.1 Å². The van der Waals surface area contributed by atoms with Crippen molar-refractivity contribution in [3.8, 4) is 11.5 Å². The summed E-state index contributed by atoms with van der Waals surface area (Å²) in [6, 6.07) is 7.18. The summed E-state index contributed by atoms with van der Waals surface area (Å²) < 4.78 is 28.7. The van der Waals surface area contributed by atoms with Gasteiger partial charge in [-0.05, 0) is 31.0 Å². The van der Waals surface area contributed by atoms with Crippen molar-refractivity contribution < 1.29 is 12.8 Å². The summed E-state index contributed by atoms with van der Waals surface area (Å²) in [6.07, 6.45) is 4.34. The van der Waals surface area contributed by atoms with Crippen LogP contribution in [0.5, 0.6) is 0 Å². The standard InChI is InChI=1S/C14H17N3O3S/c1-21(18,19)12-4-2-3-10(9-12)14-17-16-13(20-14)7-8-15-11-5-6-11/h2-4,9,11,15H,5-8H2,1H3. The van der Waals surface area contributed by atoms with E-state index in [2.05, 4.69) is 15.5 Å². The molecule has 112 valence electrons. The molecule has 0 spiro atoms. The summed E-state index contributed by atoms with van der Waals surface area (Å²) in [4.78, 5) is 0.246. The molecule has 3 rings (SSSR count). The predicted octanol–water partition coefficient (Wildman–Crippen LogP) is 1.43. The molecular weight excluding hydrogens is 290 g/mol. The van der Waals surface area contributed by atoms with Crippen molar-refractivity contribution in [1.29, 1.82) is 0 Å². The van der Waals surface area contributed by atoms with Gasteiger partial charge in [0, 0.05) is 30.8 Å². The van der Waals surface area contributed by atoms with E-state index in [9.17, 15) is 8.42 Å². The number of hydrogen-bond acceptors (Lipinski definition) is 6. The Morgan fingerprint density at radius 1 is 1.33 bits per heavy atom. The highest BCUT2D eigenvalue weighted by Gasteiger charge is 2.20. The van der Waals surface area contributed by atoms with Gasteiger partial charge in [-0.15, -0.1) is 10.2 Å². The summed E-state index contributed by atoms with van der Waals surface area (Å²) in [5.74, 6) is 0.907. The third-order valence-corrected chi connectivity index (χ3v) is 4.44. The number of sulfone groups is 1. The van der Waals surface area contributed by atoms with Crippen molar-refractivity contribution in [2.45, 2.75) is 30.2 Å². The van der Waals surface area contributed by atoms with Crippen LogP contribution in [-0.2, 0) is 16.3 Å². The van der Waals surface area contributed by atoms with Crippen LogP contribution in [0.25, 0.3) is 11.5 Å². The van der Waals surface area contributed by atoms with Gasteiger partial charge in [0.1, 0.15) is 0 Å². The molecule has 7 heteroatoms. The molecule has 6 nitrogen and oxygen atoms in total. The maximum Gasteiger partial charge on any atom is 0.247 e. The minimum absolute atomic E-state index is 0.246. The summed E-state index contributed by atoms with van der Waals surface area (Å²) in [5.41, 5.74) is 0.617. The minimum atomic E-state index is -3.24. The predicted molar refractivity (Wildman–Crippen MR) is 77.6 cm³/mol. The molecule has 21 heavy (non-hydrogen) atoms. The number of aromatic nitrogens is 2. The summed E-state index contributed by atoms with van der Waals surface area (Å²) in [5, 5.41) is 11.4. The fraction of sp³-hybridized carbons (Fsp3) is 0.429. The molecule has 1 aliphatic rings. The van der Waals surface area contributed by atoms with E-state index in [1.54, 1.807) is 24.3 Å². The van der Waals surface area contributed by atoms with Crippen LogP contribution in [0.2, 0.25) is 0 Å². The van der Waals surface area contributed by atoms with Gasteiger partial charge in [0.25, 0.3) is 0 Å². The number of benzene rings is 1. The average Bonchev–Trinajstić information content (AvgIpc) is 3.14. The Morgan fingerprint density at radius 2 is 2.14 bits per heavy atom. The Bertz CT molecular complexity index is 735. The molecule has 0 bridgehead atoms. The topological polar surface area (TPSA) is 85.1 Å². The van der Waals surface area contributed by atoms with E-state index >= 15 is 0 Å². The molecule has 1 aliphatic carbocycles.